The molecule has 2 aliphatic rings. The van der Waals surface area contributed by atoms with Gasteiger partial charge in [-0.2, -0.15) is 16.6 Å². The minimum absolute atomic E-state index is 0.425. The van der Waals surface area contributed by atoms with E-state index in [9.17, 15) is 5.26 Å². The lowest BCUT2D eigenvalue weighted by Crippen LogP contribution is -2.41. The molecule has 3 rings (SSSR count). The largest absolute Gasteiger partial charge is 0.506 e. The molecule has 0 saturated carbocycles. The average Bonchev–Trinajstić information content (AvgIpc) is 2.98. The molecule has 140 valence electrons. The standard InChI is InChI=1S/C18H27B2NO4S/c1-11-12(10-21)14(20-24-17(6,7)18(8,9)25-20)26-13(11)19-22-15(2,3)16(4,5)23-19/h1-9H3. The van der Waals surface area contributed by atoms with E-state index in [4.69, 9.17) is 18.6 Å². The molecule has 0 unspecified atom stereocenters. The van der Waals surface area contributed by atoms with Gasteiger partial charge in [0.2, 0.25) is 0 Å². The van der Waals surface area contributed by atoms with E-state index in [1.807, 2.05) is 62.3 Å². The molecule has 0 aromatic carbocycles. The zero-order valence-electron chi connectivity index (χ0n) is 17.1. The van der Waals surface area contributed by atoms with E-state index >= 15 is 0 Å². The first-order valence-corrected chi connectivity index (χ1v) is 9.79. The lowest BCUT2D eigenvalue weighted by molar-refractivity contribution is 0.00578. The Balaban J connectivity index is 1.99. The summed E-state index contributed by atoms with van der Waals surface area (Å²) in [5.74, 6) is 0. The quantitative estimate of drug-likeness (QED) is 0.744. The summed E-state index contributed by atoms with van der Waals surface area (Å²) in [5, 5.41) is 9.75. The Morgan fingerprint density at radius 2 is 1.08 bits per heavy atom. The highest BCUT2D eigenvalue weighted by molar-refractivity contribution is 7.30. The summed E-state index contributed by atoms with van der Waals surface area (Å²) in [6.45, 7) is 18.1. The van der Waals surface area contributed by atoms with Crippen LogP contribution in [0.25, 0.3) is 0 Å². The number of nitrogens with zero attached hydrogens (tertiary/aromatic N) is 1. The van der Waals surface area contributed by atoms with E-state index in [0.29, 0.717) is 5.56 Å². The molecule has 0 aliphatic carbocycles. The number of rotatable bonds is 2. The normalized spacial score (nSPS) is 25.5. The van der Waals surface area contributed by atoms with Crippen molar-refractivity contribution in [2.75, 3.05) is 0 Å². The van der Waals surface area contributed by atoms with Crippen molar-refractivity contribution in [3.8, 4) is 6.07 Å². The number of hydrogen-bond acceptors (Lipinski definition) is 6. The van der Waals surface area contributed by atoms with Crippen LogP contribution >= 0.6 is 11.3 Å². The molecule has 26 heavy (non-hydrogen) atoms. The van der Waals surface area contributed by atoms with Crippen LogP contribution < -0.4 is 9.55 Å². The molecule has 0 radical (unpaired) electrons. The molecule has 2 fully saturated rings. The highest BCUT2D eigenvalue weighted by Crippen LogP contribution is 2.39. The van der Waals surface area contributed by atoms with Gasteiger partial charge in [0, 0.05) is 4.78 Å². The van der Waals surface area contributed by atoms with Crippen molar-refractivity contribution in [3.63, 3.8) is 0 Å². The first kappa shape index (κ1) is 19.9. The highest BCUT2D eigenvalue weighted by atomic mass is 32.1. The van der Waals surface area contributed by atoms with E-state index in [-0.39, 0.29) is 0 Å². The van der Waals surface area contributed by atoms with E-state index < -0.39 is 36.6 Å². The summed E-state index contributed by atoms with van der Waals surface area (Å²) in [6.07, 6.45) is 0. The molecule has 0 amide bonds. The Morgan fingerprint density at radius 1 is 0.731 bits per heavy atom. The lowest BCUT2D eigenvalue weighted by Gasteiger charge is -2.32. The van der Waals surface area contributed by atoms with Gasteiger partial charge in [0.05, 0.1) is 38.8 Å². The Kier molecular flexibility index (Phi) is 4.46. The van der Waals surface area contributed by atoms with Crippen LogP contribution in [-0.2, 0) is 18.6 Å². The lowest BCUT2D eigenvalue weighted by atomic mass is 9.80. The van der Waals surface area contributed by atoms with Gasteiger partial charge >= 0.3 is 14.2 Å². The van der Waals surface area contributed by atoms with Crippen molar-refractivity contribution in [2.24, 2.45) is 0 Å². The average molecular weight is 375 g/mol. The summed E-state index contributed by atoms with van der Waals surface area (Å²) in [6, 6.07) is 2.32. The summed E-state index contributed by atoms with van der Waals surface area (Å²) >= 11 is 1.49. The predicted octanol–water partition coefficient (Wildman–Crippen LogP) is 2.53. The third-order valence-corrected chi connectivity index (χ3v) is 7.59. The molecule has 0 bridgehead atoms. The van der Waals surface area contributed by atoms with Gasteiger partial charge < -0.3 is 18.6 Å². The minimum atomic E-state index is -0.561. The first-order valence-electron chi connectivity index (χ1n) is 8.97. The number of hydrogen-bond donors (Lipinski definition) is 0. The Morgan fingerprint density at radius 3 is 1.42 bits per heavy atom. The van der Waals surface area contributed by atoms with Crippen LogP contribution in [-0.4, -0.2) is 36.6 Å². The third kappa shape index (κ3) is 2.85. The van der Waals surface area contributed by atoms with Crippen LogP contribution in [0.15, 0.2) is 0 Å². The third-order valence-electron chi connectivity index (χ3n) is 6.26. The topological polar surface area (TPSA) is 60.7 Å². The molecule has 2 aliphatic heterocycles. The molecular formula is C18H27B2NO4S. The van der Waals surface area contributed by atoms with Crippen LogP contribution in [0.1, 0.15) is 66.5 Å². The monoisotopic (exact) mass is 375 g/mol. The van der Waals surface area contributed by atoms with Gasteiger partial charge in [0.1, 0.15) is 0 Å². The number of thiophene rings is 1. The fraction of sp³-hybridized carbons (Fsp3) is 0.722. The Labute approximate surface area is 161 Å². The van der Waals surface area contributed by atoms with Crippen LogP contribution in [0.4, 0.5) is 0 Å². The molecule has 0 spiro atoms. The minimum Gasteiger partial charge on any atom is -0.399 e. The molecule has 0 N–H and O–H groups in total. The predicted molar refractivity (Wildman–Crippen MR) is 105 cm³/mol. The molecule has 2 saturated heterocycles. The van der Waals surface area contributed by atoms with Gasteiger partial charge in [-0.3, -0.25) is 0 Å². The van der Waals surface area contributed by atoms with Gasteiger partial charge in [-0.1, -0.05) is 0 Å². The van der Waals surface area contributed by atoms with Crippen LogP contribution in [0.3, 0.4) is 0 Å². The maximum atomic E-state index is 9.75. The van der Waals surface area contributed by atoms with E-state index in [0.717, 1.165) is 15.1 Å². The SMILES string of the molecule is Cc1c(B2OC(C)(C)C(C)(C)O2)sc(B2OC(C)(C)C(C)(C)O2)c1C#N. The number of nitriles is 1. The Hall–Kier alpha value is -0.840. The fourth-order valence-electron chi connectivity index (χ4n) is 2.98. The smallest absolute Gasteiger partial charge is 0.399 e. The fourth-order valence-corrected chi connectivity index (χ4v) is 4.16. The van der Waals surface area contributed by atoms with Crippen LogP contribution in [0.2, 0.25) is 0 Å². The van der Waals surface area contributed by atoms with Crippen molar-refractivity contribution in [1.29, 1.82) is 5.26 Å². The molecule has 5 nitrogen and oxygen atoms in total. The van der Waals surface area contributed by atoms with Crippen LogP contribution in [0.5, 0.6) is 0 Å². The maximum absolute atomic E-state index is 9.75. The molecule has 0 atom stereocenters. The molecule has 1 aromatic rings. The van der Waals surface area contributed by atoms with Gasteiger partial charge in [-0.05, 0) is 67.9 Å². The second-order valence-electron chi connectivity index (χ2n) is 9.12. The van der Waals surface area contributed by atoms with Crippen LogP contribution in [0, 0.1) is 18.3 Å². The van der Waals surface area contributed by atoms with Crippen molar-refractivity contribution < 1.29 is 18.6 Å². The summed E-state index contributed by atoms with van der Waals surface area (Å²) in [7, 11) is -1.05. The van der Waals surface area contributed by atoms with E-state index in [1.165, 1.54) is 11.3 Å². The second-order valence-corrected chi connectivity index (χ2v) is 10.2. The van der Waals surface area contributed by atoms with Gasteiger partial charge in [0.25, 0.3) is 0 Å². The van der Waals surface area contributed by atoms with Gasteiger partial charge in [-0.25, -0.2) is 0 Å². The molecular weight excluding hydrogens is 348 g/mol. The van der Waals surface area contributed by atoms with E-state index in [2.05, 4.69) is 6.07 Å². The van der Waals surface area contributed by atoms with Crippen molar-refractivity contribution in [3.05, 3.63) is 11.1 Å². The Bertz CT molecular complexity index is 747. The molecule has 3 heterocycles. The molecule has 1 aromatic heterocycles. The first-order chi connectivity index (χ1) is 11.7. The highest BCUT2D eigenvalue weighted by Gasteiger charge is 2.55. The van der Waals surface area contributed by atoms with Crippen molar-refractivity contribution in [2.45, 2.75) is 84.7 Å². The summed E-state index contributed by atoms with van der Waals surface area (Å²) < 4.78 is 26.4. The zero-order valence-corrected chi connectivity index (χ0v) is 18.0. The van der Waals surface area contributed by atoms with Crippen molar-refractivity contribution >= 4 is 35.1 Å². The maximum Gasteiger partial charge on any atom is 0.506 e. The molecule has 8 heteroatoms. The van der Waals surface area contributed by atoms with E-state index in [1.54, 1.807) is 0 Å². The second kappa shape index (κ2) is 5.83. The summed E-state index contributed by atoms with van der Waals surface area (Å²) in [4.78, 5) is 0. The zero-order chi connectivity index (χ0) is 19.7. The van der Waals surface area contributed by atoms with Gasteiger partial charge in [-0.15, -0.1) is 0 Å². The summed E-state index contributed by atoms with van der Waals surface area (Å²) in [5.41, 5.74) is -0.282. The van der Waals surface area contributed by atoms with Gasteiger partial charge in [0.15, 0.2) is 0 Å². The van der Waals surface area contributed by atoms with Crippen molar-refractivity contribution in [1.82, 2.24) is 0 Å².